The van der Waals surface area contributed by atoms with E-state index in [0.29, 0.717) is 18.6 Å². The third-order valence-corrected chi connectivity index (χ3v) is 2.29. The summed E-state index contributed by atoms with van der Waals surface area (Å²) in [6, 6.07) is 0. The van der Waals surface area contributed by atoms with Gasteiger partial charge in [0.2, 0.25) is 0 Å². The maximum atomic E-state index is 11.3. The standard InChI is InChI=1S/C11H18O3/c1-3-4-6-14-11(12)9(2)8-10-5-7-13-10/h10H,2-8H2,1H3. The smallest absolute Gasteiger partial charge is 0.333 e. The lowest BCUT2D eigenvalue weighted by atomic mass is 10.0. The first-order valence-corrected chi connectivity index (χ1v) is 5.20. The molecule has 0 aliphatic carbocycles. The Kier molecular flexibility index (Phi) is 4.66. The molecular formula is C11H18O3. The highest BCUT2D eigenvalue weighted by molar-refractivity contribution is 5.87. The first kappa shape index (κ1) is 11.2. The Balaban J connectivity index is 2.12. The largest absolute Gasteiger partial charge is 0.462 e. The number of hydrogen-bond donors (Lipinski definition) is 0. The molecule has 1 saturated heterocycles. The molecule has 0 aromatic rings. The number of unbranched alkanes of at least 4 members (excludes halogenated alkanes) is 1. The van der Waals surface area contributed by atoms with Crippen LogP contribution in [-0.4, -0.2) is 25.3 Å². The first-order chi connectivity index (χ1) is 6.74. The van der Waals surface area contributed by atoms with Crippen LogP contribution in [0.25, 0.3) is 0 Å². The molecule has 1 unspecified atom stereocenters. The number of esters is 1. The summed E-state index contributed by atoms with van der Waals surface area (Å²) in [5.41, 5.74) is 0.533. The van der Waals surface area contributed by atoms with Crippen molar-refractivity contribution in [1.82, 2.24) is 0 Å². The van der Waals surface area contributed by atoms with Gasteiger partial charge in [-0.25, -0.2) is 4.79 Å². The third-order valence-electron chi connectivity index (χ3n) is 2.29. The maximum Gasteiger partial charge on any atom is 0.333 e. The molecule has 0 N–H and O–H groups in total. The number of carbonyl (C=O) groups is 1. The molecule has 0 spiro atoms. The van der Waals surface area contributed by atoms with Crippen LogP contribution < -0.4 is 0 Å². The van der Waals surface area contributed by atoms with Gasteiger partial charge < -0.3 is 9.47 Å². The van der Waals surface area contributed by atoms with Crippen LogP contribution in [0.5, 0.6) is 0 Å². The first-order valence-electron chi connectivity index (χ1n) is 5.20. The Hall–Kier alpha value is -0.830. The summed E-state index contributed by atoms with van der Waals surface area (Å²) in [6.45, 7) is 7.07. The van der Waals surface area contributed by atoms with Gasteiger partial charge in [0.1, 0.15) is 0 Å². The van der Waals surface area contributed by atoms with Gasteiger partial charge in [-0.2, -0.15) is 0 Å². The van der Waals surface area contributed by atoms with Crippen LogP contribution in [0.2, 0.25) is 0 Å². The fourth-order valence-electron chi connectivity index (χ4n) is 1.21. The van der Waals surface area contributed by atoms with E-state index in [1.165, 1.54) is 0 Å². The number of carbonyl (C=O) groups excluding carboxylic acids is 1. The second-order valence-electron chi connectivity index (χ2n) is 3.58. The van der Waals surface area contributed by atoms with E-state index < -0.39 is 0 Å². The second kappa shape index (κ2) is 5.81. The van der Waals surface area contributed by atoms with E-state index in [0.717, 1.165) is 25.9 Å². The summed E-state index contributed by atoms with van der Waals surface area (Å²) in [6.07, 6.45) is 3.79. The summed E-state index contributed by atoms with van der Waals surface area (Å²) < 4.78 is 10.2. The molecule has 0 aromatic carbocycles. The molecule has 1 aliphatic rings. The molecule has 0 bridgehead atoms. The van der Waals surface area contributed by atoms with Crippen LogP contribution in [-0.2, 0) is 14.3 Å². The summed E-state index contributed by atoms with van der Waals surface area (Å²) in [5, 5.41) is 0. The lowest BCUT2D eigenvalue weighted by Gasteiger charge is -2.26. The van der Waals surface area contributed by atoms with Crippen LogP contribution >= 0.6 is 0 Å². The highest BCUT2D eigenvalue weighted by Gasteiger charge is 2.21. The lowest BCUT2D eigenvalue weighted by Crippen LogP contribution is -2.28. The van der Waals surface area contributed by atoms with E-state index >= 15 is 0 Å². The summed E-state index contributed by atoms with van der Waals surface area (Å²) in [5.74, 6) is -0.269. The molecule has 0 radical (unpaired) electrons. The van der Waals surface area contributed by atoms with Gasteiger partial charge in [-0.1, -0.05) is 19.9 Å². The number of rotatable bonds is 6. The summed E-state index contributed by atoms with van der Waals surface area (Å²) >= 11 is 0. The zero-order valence-electron chi connectivity index (χ0n) is 8.75. The molecule has 1 atom stereocenters. The quantitative estimate of drug-likeness (QED) is 0.372. The van der Waals surface area contributed by atoms with Crippen molar-refractivity contribution in [2.45, 2.75) is 38.7 Å². The number of hydrogen-bond acceptors (Lipinski definition) is 3. The molecule has 0 amide bonds. The molecule has 0 saturated carbocycles. The number of ether oxygens (including phenoxy) is 2. The van der Waals surface area contributed by atoms with Crippen molar-refractivity contribution in [1.29, 1.82) is 0 Å². The van der Waals surface area contributed by atoms with Crippen molar-refractivity contribution in [3.8, 4) is 0 Å². The Labute approximate surface area is 85.1 Å². The van der Waals surface area contributed by atoms with E-state index in [1.807, 2.05) is 0 Å². The average molecular weight is 198 g/mol. The average Bonchev–Trinajstić information content (AvgIpc) is 2.11. The molecule has 80 valence electrons. The molecule has 1 heterocycles. The van der Waals surface area contributed by atoms with Gasteiger partial charge in [0.05, 0.1) is 12.7 Å². The Morgan fingerprint density at radius 3 is 2.86 bits per heavy atom. The molecule has 1 aliphatic heterocycles. The molecule has 14 heavy (non-hydrogen) atoms. The minimum Gasteiger partial charge on any atom is -0.462 e. The van der Waals surface area contributed by atoms with Crippen molar-refractivity contribution >= 4 is 5.97 Å². The van der Waals surface area contributed by atoms with Crippen molar-refractivity contribution in [3.05, 3.63) is 12.2 Å². The van der Waals surface area contributed by atoms with Crippen LogP contribution in [0.15, 0.2) is 12.2 Å². The topological polar surface area (TPSA) is 35.5 Å². The molecule has 0 aromatic heterocycles. The van der Waals surface area contributed by atoms with E-state index in [9.17, 15) is 4.79 Å². The third kappa shape index (κ3) is 3.50. The SMILES string of the molecule is C=C(CC1CCO1)C(=O)OCCCC. The van der Waals surface area contributed by atoms with Crippen LogP contribution in [0, 0.1) is 0 Å². The fourth-order valence-corrected chi connectivity index (χ4v) is 1.21. The van der Waals surface area contributed by atoms with Gasteiger partial charge in [-0.05, 0) is 12.8 Å². The highest BCUT2D eigenvalue weighted by atomic mass is 16.5. The Bertz CT molecular complexity index is 207. The minimum absolute atomic E-state index is 0.196. The van der Waals surface area contributed by atoms with E-state index in [1.54, 1.807) is 0 Å². The Morgan fingerprint density at radius 2 is 2.36 bits per heavy atom. The zero-order chi connectivity index (χ0) is 10.4. The molecule has 1 fully saturated rings. The normalized spacial score (nSPS) is 19.9. The summed E-state index contributed by atoms with van der Waals surface area (Å²) in [4.78, 5) is 11.3. The Morgan fingerprint density at radius 1 is 1.64 bits per heavy atom. The predicted molar refractivity (Wildman–Crippen MR) is 54.0 cm³/mol. The van der Waals surface area contributed by atoms with Crippen LogP contribution in [0.1, 0.15) is 32.6 Å². The van der Waals surface area contributed by atoms with Gasteiger partial charge >= 0.3 is 5.97 Å². The van der Waals surface area contributed by atoms with Gasteiger partial charge in [0.25, 0.3) is 0 Å². The van der Waals surface area contributed by atoms with Gasteiger partial charge in [0.15, 0.2) is 0 Å². The van der Waals surface area contributed by atoms with Crippen molar-refractivity contribution in [2.75, 3.05) is 13.2 Å². The monoisotopic (exact) mass is 198 g/mol. The lowest BCUT2D eigenvalue weighted by molar-refractivity contribution is -0.140. The van der Waals surface area contributed by atoms with Crippen molar-refractivity contribution in [3.63, 3.8) is 0 Å². The summed E-state index contributed by atoms with van der Waals surface area (Å²) in [7, 11) is 0. The van der Waals surface area contributed by atoms with Crippen molar-refractivity contribution in [2.24, 2.45) is 0 Å². The van der Waals surface area contributed by atoms with Crippen LogP contribution in [0.3, 0.4) is 0 Å². The zero-order valence-corrected chi connectivity index (χ0v) is 8.75. The fraction of sp³-hybridized carbons (Fsp3) is 0.727. The molecule has 3 nitrogen and oxygen atoms in total. The van der Waals surface area contributed by atoms with Gasteiger partial charge in [-0.3, -0.25) is 0 Å². The van der Waals surface area contributed by atoms with Crippen LogP contribution in [0.4, 0.5) is 0 Å². The maximum absolute atomic E-state index is 11.3. The van der Waals surface area contributed by atoms with E-state index in [-0.39, 0.29) is 12.1 Å². The molecule has 1 rings (SSSR count). The molecular weight excluding hydrogens is 180 g/mol. The van der Waals surface area contributed by atoms with E-state index in [4.69, 9.17) is 9.47 Å². The van der Waals surface area contributed by atoms with Gasteiger partial charge in [0, 0.05) is 18.6 Å². The highest BCUT2D eigenvalue weighted by Crippen LogP contribution is 2.19. The van der Waals surface area contributed by atoms with Gasteiger partial charge in [-0.15, -0.1) is 0 Å². The molecule has 3 heteroatoms. The minimum atomic E-state index is -0.269. The predicted octanol–water partition coefficient (Wildman–Crippen LogP) is 2.06. The second-order valence-corrected chi connectivity index (χ2v) is 3.58. The van der Waals surface area contributed by atoms with E-state index in [2.05, 4.69) is 13.5 Å². The van der Waals surface area contributed by atoms with Crippen molar-refractivity contribution < 1.29 is 14.3 Å².